The molecule has 0 unspecified atom stereocenters. The highest BCUT2D eigenvalue weighted by atomic mass is 32.1. The summed E-state index contributed by atoms with van der Waals surface area (Å²) in [5.41, 5.74) is 1.79. The lowest BCUT2D eigenvalue weighted by Gasteiger charge is -2.28. The molecule has 0 radical (unpaired) electrons. The van der Waals surface area contributed by atoms with Gasteiger partial charge < -0.3 is 15.0 Å². The lowest BCUT2D eigenvalue weighted by atomic mass is 10.2. The molecule has 1 aromatic carbocycles. The number of morpholine rings is 1. The molecule has 0 aliphatic carbocycles. The minimum absolute atomic E-state index is 0.159. The highest BCUT2D eigenvalue weighted by molar-refractivity contribution is 7.21. The number of pyridine rings is 1. The summed E-state index contributed by atoms with van der Waals surface area (Å²) in [6.45, 7) is 4.68. The van der Waals surface area contributed by atoms with Gasteiger partial charge in [-0.25, -0.2) is 9.37 Å². The normalized spacial score (nSPS) is 14.5. The Morgan fingerprint density at radius 1 is 1.33 bits per heavy atom. The van der Waals surface area contributed by atoms with E-state index in [0.717, 1.165) is 15.6 Å². The van der Waals surface area contributed by atoms with Gasteiger partial charge in [-0.05, 0) is 35.6 Å². The standard InChI is InChI=1S/C20H20FN3O2S/c1-13-3-2-4-15-10-17(27-18(13)15)20(25)23-12-14-9-16(21)19(22-11-14)24-5-7-26-8-6-24/h2-4,9-11H,5-8,12H2,1H3,(H,23,25). The number of halogens is 1. The molecule has 0 spiro atoms. The van der Waals surface area contributed by atoms with Gasteiger partial charge in [-0.2, -0.15) is 0 Å². The van der Waals surface area contributed by atoms with Crippen LogP contribution in [0.15, 0.2) is 36.5 Å². The van der Waals surface area contributed by atoms with Gasteiger partial charge >= 0.3 is 0 Å². The first-order chi connectivity index (χ1) is 13.1. The fourth-order valence-electron chi connectivity index (χ4n) is 3.17. The number of aromatic nitrogens is 1. The van der Waals surface area contributed by atoms with Gasteiger partial charge in [-0.15, -0.1) is 11.3 Å². The molecule has 1 aliphatic heterocycles. The van der Waals surface area contributed by atoms with Crippen molar-refractivity contribution in [2.45, 2.75) is 13.5 Å². The van der Waals surface area contributed by atoms with Gasteiger partial charge in [-0.3, -0.25) is 4.79 Å². The number of carbonyl (C=O) groups is 1. The van der Waals surface area contributed by atoms with Crippen LogP contribution in [0.5, 0.6) is 0 Å². The molecule has 0 bridgehead atoms. The predicted octanol–water partition coefficient (Wildman–Crippen LogP) is 3.51. The third kappa shape index (κ3) is 3.79. The summed E-state index contributed by atoms with van der Waals surface area (Å²) in [4.78, 5) is 19.2. The number of benzene rings is 1. The Morgan fingerprint density at radius 2 is 2.15 bits per heavy atom. The number of aryl methyl sites for hydroxylation is 1. The van der Waals surface area contributed by atoms with Crippen molar-refractivity contribution in [1.82, 2.24) is 10.3 Å². The van der Waals surface area contributed by atoms with Crippen LogP contribution in [0, 0.1) is 12.7 Å². The molecule has 140 valence electrons. The minimum atomic E-state index is -0.374. The lowest BCUT2D eigenvalue weighted by Crippen LogP contribution is -2.37. The molecule has 1 saturated heterocycles. The number of carbonyl (C=O) groups excluding carboxylic acids is 1. The molecule has 7 heteroatoms. The number of hydrogen-bond donors (Lipinski definition) is 1. The predicted molar refractivity (Wildman–Crippen MR) is 105 cm³/mol. The monoisotopic (exact) mass is 385 g/mol. The fourth-order valence-corrected chi connectivity index (χ4v) is 4.21. The summed E-state index contributed by atoms with van der Waals surface area (Å²) >= 11 is 1.47. The summed E-state index contributed by atoms with van der Waals surface area (Å²) in [7, 11) is 0. The SMILES string of the molecule is Cc1cccc2cc(C(=O)NCc3cnc(N4CCOCC4)c(F)c3)sc12. The van der Waals surface area contributed by atoms with Crippen molar-refractivity contribution in [2.24, 2.45) is 0 Å². The van der Waals surface area contributed by atoms with Crippen LogP contribution in [0.25, 0.3) is 10.1 Å². The summed E-state index contributed by atoms with van der Waals surface area (Å²) in [5.74, 6) is -0.192. The number of hydrogen-bond acceptors (Lipinski definition) is 5. The van der Waals surface area contributed by atoms with Gasteiger partial charge in [0.2, 0.25) is 0 Å². The third-order valence-electron chi connectivity index (χ3n) is 4.61. The van der Waals surface area contributed by atoms with Crippen LogP contribution in [-0.4, -0.2) is 37.2 Å². The van der Waals surface area contributed by atoms with Gasteiger partial charge in [0.05, 0.1) is 18.1 Å². The van der Waals surface area contributed by atoms with Crippen molar-refractivity contribution < 1.29 is 13.9 Å². The average Bonchev–Trinajstić information content (AvgIpc) is 3.13. The van der Waals surface area contributed by atoms with E-state index >= 15 is 0 Å². The molecule has 2 aromatic heterocycles. The smallest absolute Gasteiger partial charge is 0.261 e. The van der Waals surface area contributed by atoms with E-state index in [1.807, 2.05) is 36.1 Å². The largest absolute Gasteiger partial charge is 0.378 e. The Labute approximate surface area is 160 Å². The molecule has 1 amide bonds. The van der Waals surface area contributed by atoms with Gasteiger partial charge in [-0.1, -0.05) is 18.2 Å². The quantitative estimate of drug-likeness (QED) is 0.747. The Balaban J connectivity index is 1.43. The summed E-state index contributed by atoms with van der Waals surface area (Å²) in [5, 5.41) is 3.92. The molecule has 3 heterocycles. The lowest BCUT2D eigenvalue weighted by molar-refractivity contribution is 0.0955. The number of nitrogens with one attached hydrogen (secondary N) is 1. The molecule has 5 nitrogen and oxygen atoms in total. The summed E-state index contributed by atoms with van der Waals surface area (Å²) in [6, 6.07) is 9.34. The maximum Gasteiger partial charge on any atom is 0.261 e. The van der Waals surface area contributed by atoms with E-state index in [0.29, 0.717) is 42.6 Å². The van der Waals surface area contributed by atoms with Gasteiger partial charge in [0, 0.05) is 30.5 Å². The first kappa shape index (κ1) is 17.9. The number of thiophene rings is 1. The van der Waals surface area contributed by atoms with Crippen molar-refractivity contribution in [3.63, 3.8) is 0 Å². The number of amides is 1. The van der Waals surface area contributed by atoms with E-state index in [-0.39, 0.29) is 18.3 Å². The van der Waals surface area contributed by atoms with Crippen molar-refractivity contribution in [1.29, 1.82) is 0 Å². The van der Waals surface area contributed by atoms with Crippen LogP contribution in [-0.2, 0) is 11.3 Å². The van der Waals surface area contributed by atoms with Crippen molar-refractivity contribution >= 4 is 33.1 Å². The van der Waals surface area contributed by atoms with Crippen molar-refractivity contribution in [3.8, 4) is 0 Å². The molecule has 27 heavy (non-hydrogen) atoms. The maximum atomic E-state index is 14.4. The third-order valence-corrected chi connectivity index (χ3v) is 5.89. The van der Waals surface area contributed by atoms with Crippen molar-refractivity contribution in [3.05, 3.63) is 58.3 Å². The minimum Gasteiger partial charge on any atom is -0.378 e. The molecule has 1 fully saturated rings. The Bertz CT molecular complexity index is 983. The zero-order valence-corrected chi connectivity index (χ0v) is 15.8. The van der Waals surface area contributed by atoms with Crippen LogP contribution in [0.4, 0.5) is 10.2 Å². The number of nitrogens with zero attached hydrogens (tertiary/aromatic N) is 2. The zero-order chi connectivity index (χ0) is 18.8. The fraction of sp³-hybridized carbons (Fsp3) is 0.300. The first-order valence-corrected chi connectivity index (χ1v) is 9.68. The molecule has 4 rings (SSSR count). The molecule has 0 atom stereocenters. The number of fused-ring (bicyclic) bond motifs is 1. The highest BCUT2D eigenvalue weighted by Gasteiger charge is 2.17. The first-order valence-electron chi connectivity index (χ1n) is 8.86. The average molecular weight is 385 g/mol. The van der Waals surface area contributed by atoms with Crippen LogP contribution in [0.3, 0.4) is 0 Å². The van der Waals surface area contributed by atoms with Gasteiger partial charge in [0.1, 0.15) is 0 Å². The van der Waals surface area contributed by atoms with E-state index in [4.69, 9.17) is 4.74 Å². The van der Waals surface area contributed by atoms with Gasteiger partial charge in [0.15, 0.2) is 11.6 Å². The summed E-state index contributed by atoms with van der Waals surface area (Å²) < 4.78 is 20.8. The molecular weight excluding hydrogens is 365 g/mol. The molecule has 1 aliphatic rings. The number of anilines is 1. The Morgan fingerprint density at radius 3 is 2.89 bits per heavy atom. The van der Waals surface area contributed by atoms with Crippen LogP contribution in [0.2, 0.25) is 0 Å². The molecule has 3 aromatic rings. The van der Waals surface area contributed by atoms with E-state index < -0.39 is 0 Å². The van der Waals surface area contributed by atoms with E-state index in [1.165, 1.54) is 17.4 Å². The zero-order valence-electron chi connectivity index (χ0n) is 15.0. The van der Waals surface area contributed by atoms with Crippen LogP contribution in [0.1, 0.15) is 20.8 Å². The molecule has 1 N–H and O–H groups in total. The summed E-state index contributed by atoms with van der Waals surface area (Å²) in [6.07, 6.45) is 1.61. The topological polar surface area (TPSA) is 54.5 Å². The van der Waals surface area contributed by atoms with Crippen LogP contribution >= 0.6 is 11.3 Å². The highest BCUT2D eigenvalue weighted by Crippen LogP contribution is 2.28. The van der Waals surface area contributed by atoms with E-state index in [1.54, 1.807) is 6.20 Å². The molecule has 0 saturated carbocycles. The van der Waals surface area contributed by atoms with E-state index in [2.05, 4.69) is 10.3 Å². The van der Waals surface area contributed by atoms with Crippen LogP contribution < -0.4 is 10.2 Å². The van der Waals surface area contributed by atoms with Gasteiger partial charge in [0.25, 0.3) is 5.91 Å². The number of rotatable bonds is 4. The Hall–Kier alpha value is -2.51. The second-order valence-corrected chi connectivity index (χ2v) is 7.59. The van der Waals surface area contributed by atoms with E-state index in [9.17, 15) is 9.18 Å². The Kier molecular flexibility index (Phi) is 5.05. The second-order valence-electron chi connectivity index (χ2n) is 6.54. The maximum absolute atomic E-state index is 14.4. The van der Waals surface area contributed by atoms with Crippen molar-refractivity contribution in [2.75, 3.05) is 31.2 Å². The number of ether oxygens (including phenoxy) is 1. The molecular formula is C20H20FN3O2S. The second kappa shape index (κ2) is 7.62.